The van der Waals surface area contributed by atoms with Crippen LogP contribution in [0.5, 0.6) is 0 Å². The number of carbonyl (C=O) groups is 2. The lowest BCUT2D eigenvalue weighted by Crippen LogP contribution is -2.56. The van der Waals surface area contributed by atoms with Gasteiger partial charge in [0.05, 0.1) is 25.4 Å². The predicted octanol–water partition coefficient (Wildman–Crippen LogP) is 3.09. The van der Waals surface area contributed by atoms with Crippen molar-refractivity contribution >= 4 is 11.8 Å². The highest BCUT2D eigenvalue weighted by Gasteiger charge is 2.58. The van der Waals surface area contributed by atoms with Crippen LogP contribution in [0.4, 0.5) is 0 Å². The number of hydrogen-bond acceptors (Lipinski definition) is 6. The van der Waals surface area contributed by atoms with Gasteiger partial charge in [0.15, 0.2) is 12.2 Å². The molecule has 4 rings (SSSR count). The summed E-state index contributed by atoms with van der Waals surface area (Å²) >= 11 is 0. The Kier molecular flexibility index (Phi) is 8.82. The number of fused-ring (bicyclic) bond motifs is 5. The van der Waals surface area contributed by atoms with E-state index in [1.54, 1.807) is 33.8 Å². The summed E-state index contributed by atoms with van der Waals surface area (Å²) in [4.78, 5) is 28.4. The third kappa shape index (κ3) is 5.14. The number of allylic oxidation sites excluding steroid dienone is 5. The fourth-order valence-corrected chi connectivity index (χ4v) is 7.89. The molecule has 2 fully saturated rings. The predicted molar refractivity (Wildman–Crippen MR) is 150 cm³/mol. The molecule has 0 aromatic carbocycles. The first-order chi connectivity index (χ1) is 18.4. The van der Waals surface area contributed by atoms with E-state index in [-0.39, 0.29) is 34.7 Å². The van der Waals surface area contributed by atoms with Crippen LogP contribution < -0.4 is 0 Å². The Labute approximate surface area is 233 Å². The molecule has 0 aromatic rings. The molecule has 39 heavy (non-hydrogen) atoms. The number of hydrogen-bond donors (Lipinski definition) is 2. The van der Waals surface area contributed by atoms with Gasteiger partial charge < -0.3 is 29.5 Å². The molecule has 0 heterocycles. The second kappa shape index (κ2) is 11.5. The Balaban J connectivity index is 1.70. The van der Waals surface area contributed by atoms with Crippen LogP contribution >= 0.6 is 0 Å². The fourth-order valence-electron chi connectivity index (χ4n) is 7.89. The maximum absolute atomic E-state index is 12.9. The summed E-state index contributed by atoms with van der Waals surface area (Å²) in [7, 11) is 6.61. The lowest BCUT2D eigenvalue weighted by molar-refractivity contribution is -0.173. The number of nitrogens with zero attached hydrogens (tertiary/aromatic N) is 2. The number of likely N-dealkylation sites (N-methyl/N-ethyl adjacent to an activating group) is 2. The molecule has 218 valence electrons. The van der Waals surface area contributed by atoms with Gasteiger partial charge in [0.2, 0.25) is 0 Å². The summed E-state index contributed by atoms with van der Waals surface area (Å²) < 4.78 is 12.8. The first-order valence-electron chi connectivity index (χ1n) is 14.5. The second-order valence-electron chi connectivity index (χ2n) is 12.7. The molecule has 0 radical (unpaired) electrons. The van der Waals surface area contributed by atoms with E-state index >= 15 is 0 Å². The zero-order chi connectivity index (χ0) is 28.7. The van der Waals surface area contributed by atoms with Crippen molar-refractivity contribution in [1.29, 1.82) is 0 Å². The summed E-state index contributed by atoms with van der Waals surface area (Å²) in [6, 6.07) is 0. The Bertz CT molecular complexity index is 1050. The van der Waals surface area contributed by atoms with Gasteiger partial charge in [0.25, 0.3) is 11.8 Å². The molecule has 8 atom stereocenters. The zero-order valence-corrected chi connectivity index (χ0v) is 24.8. The van der Waals surface area contributed by atoms with Crippen molar-refractivity contribution in [3.05, 3.63) is 34.9 Å². The average Bonchev–Trinajstić information content (AvgIpc) is 3.25. The molecule has 8 heteroatoms. The number of aliphatic hydroxyl groups is 2. The molecule has 0 bridgehead atoms. The zero-order valence-electron chi connectivity index (χ0n) is 24.8. The van der Waals surface area contributed by atoms with Crippen LogP contribution in [0.25, 0.3) is 0 Å². The topological polar surface area (TPSA) is 99.5 Å². The molecule has 4 aliphatic carbocycles. The molecule has 0 saturated heterocycles. The first kappa shape index (κ1) is 30.0. The van der Waals surface area contributed by atoms with Crippen LogP contribution in [0.2, 0.25) is 0 Å². The van der Waals surface area contributed by atoms with Crippen molar-refractivity contribution in [2.75, 3.05) is 41.4 Å². The van der Waals surface area contributed by atoms with Crippen LogP contribution in [-0.4, -0.2) is 97.6 Å². The molecule has 2 amide bonds. The number of aliphatic hydroxyl groups excluding tert-OH is 2. The van der Waals surface area contributed by atoms with Gasteiger partial charge in [0.1, 0.15) is 0 Å². The maximum atomic E-state index is 12.9. The summed E-state index contributed by atoms with van der Waals surface area (Å²) in [5, 5.41) is 20.1. The number of amides is 2. The van der Waals surface area contributed by atoms with E-state index in [9.17, 15) is 19.8 Å². The molecule has 0 aromatic heterocycles. The molecule has 4 aliphatic rings. The highest BCUT2D eigenvalue weighted by atomic mass is 16.5. The van der Waals surface area contributed by atoms with Gasteiger partial charge in [-0.3, -0.25) is 9.59 Å². The van der Waals surface area contributed by atoms with E-state index in [1.807, 2.05) is 0 Å². The van der Waals surface area contributed by atoms with Gasteiger partial charge in [-0.05, 0) is 49.4 Å². The van der Waals surface area contributed by atoms with E-state index in [0.717, 1.165) is 25.7 Å². The molecule has 8 nitrogen and oxygen atoms in total. The number of ether oxygens (including phenoxy) is 2. The summed E-state index contributed by atoms with van der Waals surface area (Å²) in [5.41, 5.74) is 4.03. The summed E-state index contributed by atoms with van der Waals surface area (Å²) in [5.74, 6) is 0.160. The van der Waals surface area contributed by atoms with Gasteiger partial charge in [-0.2, -0.15) is 0 Å². The lowest BCUT2D eigenvalue weighted by Gasteiger charge is -2.57. The smallest absolute Gasteiger partial charge is 0.253 e. The van der Waals surface area contributed by atoms with Crippen molar-refractivity contribution < 1.29 is 29.3 Å². The van der Waals surface area contributed by atoms with Crippen molar-refractivity contribution in [2.45, 2.75) is 83.7 Å². The lowest BCUT2D eigenvalue weighted by atomic mass is 9.49. The maximum Gasteiger partial charge on any atom is 0.253 e. The summed E-state index contributed by atoms with van der Waals surface area (Å²) in [6.07, 6.45) is 9.63. The van der Waals surface area contributed by atoms with Crippen LogP contribution in [0.1, 0.15) is 59.3 Å². The summed E-state index contributed by atoms with van der Waals surface area (Å²) in [6.45, 7) is 6.11. The quantitative estimate of drug-likeness (QED) is 0.433. The minimum atomic E-state index is -0.984. The molecule has 0 aliphatic heterocycles. The fraction of sp³-hybridized carbons (Fsp3) is 0.742. The number of carbonyl (C=O) groups excluding carboxylic acids is 2. The van der Waals surface area contributed by atoms with Crippen LogP contribution in [-0.2, 0) is 19.1 Å². The van der Waals surface area contributed by atoms with E-state index in [1.165, 1.54) is 20.9 Å². The van der Waals surface area contributed by atoms with E-state index in [4.69, 9.17) is 9.47 Å². The van der Waals surface area contributed by atoms with Crippen molar-refractivity contribution in [2.24, 2.45) is 22.7 Å². The van der Waals surface area contributed by atoms with E-state index < -0.39 is 31.5 Å². The Hall–Kier alpha value is -2.00. The monoisotopic (exact) mass is 544 g/mol. The standard InChI is InChI=1S/C31H48N2O6/c1-8-19-10-12-23-22-11-9-20-15-21(38-25(17-34)28(36)32(4)5)16-27(39-26(18-35)29(37)33(6)7)31(20,3)24(22)13-14-30(19,23)2/h9-11,21,23-27,34-35H,8,12-18H2,1-7H3/t21?,23-,24-,25?,26?,27?,30+,31-/m0/s1. The molecular weight excluding hydrogens is 496 g/mol. The van der Waals surface area contributed by atoms with Crippen molar-refractivity contribution in [1.82, 2.24) is 9.80 Å². The van der Waals surface area contributed by atoms with Gasteiger partial charge in [-0.1, -0.05) is 55.7 Å². The highest BCUT2D eigenvalue weighted by molar-refractivity contribution is 5.81. The largest absolute Gasteiger partial charge is 0.393 e. The Morgan fingerprint density at radius 1 is 1.00 bits per heavy atom. The van der Waals surface area contributed by atoms with E-state index in [2.05, 4.69) is 39.0 Å². The first-order valence-corrected chi connectivity index (χ1v) is 14.5. The van der Waals surface area contributed by atoms with Crippen molar-refractivity contribution in [3.8, 4) is 0 Å². The molecule has 2 N–H and O–H groups in total. The van der Waals surface area contributed by atoms with Crippen LogP contribution in [0.15, 0.2) is 34.9 Å². The minimum absolute atomic E-state index is 0.185. The van der Waals surface area contributed by atoms with Gasteiger partial charge in [0, 0.05) is 40.0 Å². The van der Waals surface area contributed by atoms with Crippen LogP contribution in [0, 0.1) is 22.7 Å². The Morgan fingerprint density at radius 3 is 2.18 bits per heavy atom. The van der Waals surface area contributed by atoms with Crippen LogP contribution in [0.3, 0.4) is 0 Å². The average molecular weight is 545 g/mol. The molecule has 4 unspecified atom stereocenters. The molecular formula is C31H48N2O6. The molecule has 0 spiro atoms. The highest BCUT2D eigenvalue weighted by Crippen LogP contribution is 2.64. The normalized spacial score (nSPS) is 34.9. The Morgan fingerprint density at radius 2 is 1.62 bits per heavy atom. The third-order valence-corrected chi connectivity index (χ3v) is 10.2. The van der Waals surface area contributed by atoms with Gasteiger partial charge in [-0.25, -0.2) is 0 Å². The van der Waals surface area contributed by atoms with Gasteiger partial charge in [-0.15, -0.1) is 0 Å². The van der Waals surface area contributed by atoms with Crippen molar-refractivity contribution in [3.63, 3.8) is 0 Å². The third-order valence-electron chi connectivity index (χ3n) is 10.2. The second-order valence-corrected chi connectivity index (χ2v) is 12.7. The SMILES string of the molecule is CCC1=CC[C@H]2C3=CC=C4CC(OC(CO)C(=O)N(C)C)CC(OC(CO)C(=O)N(C)C)[C@]4(C)[C@H]3CC[C@]12C. The van der Waals surface area contributed by atoms with E-state index in [0.29, 0.717) is 18.8 Å². The molecule has 2 saturated carbocycles. The number of rotatable bonds is 9. The minimum Gasteiger partial charge on any atom is -0.393 e. The van der Waals surface area contributed by atoms with Gasteiger partial charge >= 0.3 is 0 Å².